The summed E-state index contributed by atoms with van der Waals surface area (Å²) in [6.45, 7) is 2.10. The van der Waals surface area contributed by atoms with Crippen LogP contribution in [0.25, 0.3) is 0 Å². The van der Waals surface area contributed by atoms with Crippen molar-refractivity contribution in [1.82, 2.24) is 4.90 Å². The Morgan fingerprint density at radius 3 is 1.82 bits per heavy atom. The van der Waals surface area contributed by atoms with E-state index in [1.165, 1.54) is 11.3 Å². The van der Waals surface area contributed by atoms with Crippen LogP contribution in [0.4, 0.5) is 5.69 Å². The van der Waals surface area contributed by atoms with E-state index in [9.17, 15) is 0 Å². The Balaban J connectivity index is 0.00000256. The quantitative estimate of drug-likeness (QED) is 0.420. The van der Waals surface area contributed by atoms with Gasteiger partial charge in [0.15, 0.2) is 0 Å². The monoisotopic (exact) mass is 236 g/mol. The SMILES string of the molecule is C.Cc1ccc(N(C)C(N(C)C)=[N+](C)C)cc1. The summed E-state index contributed by atoms with van der Waals surface area (Å²) in [5, 5.41) is 0. The first-order valence-corrected chi connectivity index (χ1v) is 5.45. The van der Waals surface area contributed by atoms with Gasteiger partial charge in [-0.25, -0.2) is 4.90 Å². The van der Waals surface area contributed by atoms with Gasteiger partial charge < -0.3 is 0 Å². The van der Waals surface area contributed by atoms with Gasteiger partial charge in [0.05, 0.1) is 35.2 Å². The molecule has 1 rings (SSSR count). The van der Waals surface area contributed by atoms with Crippen LogP contribution in [0.2, 0.25) is 0 Å². The summed E-state index contributed by atoms with van der Waals surface area (Å²) in [5.41, 5.74) is 2.48. The van der Waals surface area contributed by atoms with Gasteiger partial charge in [-0.05, 0) is 19.1 Å². The number of nitrogens with zero attached hydrogens (tertiary/aromatic N) is 3. The maximum atomic E-state index is 2.18. The molecular formula is C14H26N3+. The van der Waals surface area contributed by atoms with Crippen molar-refractivity contribution in [2.75, 3.05) is 40.1 Å². The zero-order valence-corrected chi connectivity index (χ0v) is 11.2. The summed E-state index contributed by atoms with van der Waals surface area (Å²) in [4.78, 5) is 4.29. The highest BCUT2D eigenvalue weighted by Crippen LogP contribution is 2.14. The van der Waals surface area contributed by atoms with Crippen LogP contribution in [-0.2, 0) is 0 Å². The van der Waals surface area contributed by atoms with Crippen molar-refractivity contribution in [2.24, 2.45) is 0 Å². The van der Waals surface area contributed by atoms with Gasteiger partial charge in [-0.15, -0.1) is 0 Å². The predicted molar refractivity (Wildman–Crippen MR) is 77.1 cm³/mol. The smallest absolute Gasteiger partial charge is 0.270 e. The lowest BCUT2D eigenvalue weighted by atomic mass is 10.2. The van der Waals surface area contributed by atoms with Gasteiger partial charge in [-0.1, -0.05) is 25.1 Å². The average molecular weight is 236 g/mol. The Labute approximate surface area is 106 Å². The van der Waals surface area contributed by atoms with Crippen LogP contribution in [0.1, 0.15) is 13.0 Å². The molecule has 17 heavy (non-hydrogen) atoms. The average Bonchev–Trinajstić information content (AvgIpc) is 2.17. The summed E-state index contributed by atoms with van der Waals surface area (Å²) in [5.74, 6) is 1.16. The number of rotatable bonds is 1. The molecule has 96 valence electrons. The van der Waals surface area contributed by atoms with E-state index in [0.29, 0.717) is 0 Å². The summed E-state index contributed by atoms with van der Waals surface area (Å²) in [7, 11) is 10.3. The highest BCUT2D eigenvalue weighted by atomic mass is 15.4. The van der Waals surface area contributed by atoms with E-state index < -0.39 is 0 Å². The van der Waals surface area contributed by atoms with Crippen LogP contribution < -0.4 is 4.90 Å². The molecule has 0 amide bonds. The standard InChI is InChI=1S/C13H22N3.CH4/c1-11-7-9-12(10-8-11)16(6)13(14(2)3)15(4)5;/h7-10H,1-6H3;1H4/q+1;. The van der Waals surface area contributed by atoms with Crippen LogP contribution in [-0.4, -0.2) is 50.7 Å². The second kappa shape index (κ2) is 6.28. The van der Waals surface area contributed by atoms with Gasteiger partial charge >= 0.3 is 5.96 Å². The predicted octanol–water partition coefficient (Wildman–Crippen LogP) is 2.26. The molecule has 0 aromatic heterocycles. The molecule has 0 saturated carbocycles. The fraction of sp³-hybridized carbons (Fsp3) is 0.500. The minimum atomic E-state index is 0. The van der Waals surface area contributed by atoms with Gasteiger partial charge in [0.2, 0.25) is 0 Å². The molecule has 0 spiro atoms. The van der Waals surface area contributed by atoms with Crippen molar-refractivity contribution in [3.05, 3.63) is 29.8 Å². The van der Waals surface area contributed by atoms with Gasteiger partial charge in [-0.2, -0.15) is 0 Å². The van der Waals surface area contributed by atoms with E-state index in [-0.39, 0.29) is 7.43 Å². The van der Waals surface area contributed by atoms with E-state index in [4.69, 9.17) is 0 Å². The van der Waals surface area contributed by atoms with Crippen LogP contribution in [0.3, 0.4) is 0 Å². The summed E-state index contributed by atoms with van der Waals surface area (Å²) >= 11 is 0. The molecule has 0 N–H and O–H groups in total. The second-order valence-corrected chi connectivity index (χ2v) is 4.48. The largest absolute Gasteiger partial charge is 0.354 e. The number of guanidine groups is 1. The Kier molecular flexibility index (Phi) is 5.72. The molecule has 0 aliphatic heterocycles. The molecule has 0 aliphatic carbocycles. The fourth-order valence-corrected chi connectivity index (χ4v) is 1.88. The lowest BCUT2D eigenvalue weighted by Crippen LogP contribution is -2.43. The van der Waals surface area contributed by atoms with Crippen molar-refractivity contribution < 1.29 is 4.58 Å². The van der Waals surface area contributed by atoms with Gasteiger partial charge in [0.1, 0.15) is 5.69 Å². The minimum absolute atomic E-state index is 0. The molecule has 1 aromatic rings. The Morgan fingerprint density at radius 1 is 1.00 bits per heavy atom. The van der Waals surface area contributed by atoms with Crippen LogP contribution >= 0.6 is 0 Å². The Bertz CT molecular complexity index is 373. The van der Waals surface area contributed by atoms with E-state index in [1.54, 1.807) is 0 Å². The normalized spacial score (nSPS) is 9.29. The summed E-state index contributed by atoms with van der Waals surface area (Å²) in [6, 6.07) is 8.55. The molecule has 0 aliphatic rings. The van der Waals surface area contributed by atoms with Gasteiger partial charge in [0.25, 0.3) is 0 Å². The number of hydrogen-bond donors (Lipinski definition) is 0. The number of hydrogen-bond acceptors (Lipinski definition) is 0. The van der Waals surface area contributed by atoms with Gasteiger partial charge in [0, 0.05) is 0 Å². The van der Waals surface area contributed by atoms with Crippen LogP contribution in [0.15, 0.2) is 24.3 Å². The minimum Gasteiger partial charge on any atom is -0.270 e. The maximum absolute atomic E-state index is 2.18. The van der Waals surface area contributed by atoms with E-state index >= 15 is 0 Å². The summed E-state index contributed by atoms with van der Waals surface area (Å²) in [6.07, 6.45) is 0. The third-order valence-corrected chi connectivity index (χ3v) is 2.52. The molecule has 0 bridgehead atoms. The van der Waals surface area contributed by atoms with Crippen molar-refractivity contribution >= 4 is 11.6 Å². The molecule has 0 fully saturated rings. The maximum Gasteiger partial charge on any atom is 0.354 e. The van der Waals surface area contributed by atoms with Crippen LogP contribution in [0, 0.1) is 6.92 Å². The molecule has 0 heterocycles. The van der Waals surface area contributed by atoms with Crippen molar-refractivity contribution in [3.63, 3.8) is 0 Å². The molecule has 0 saturated heterocycles. The van der Waals surface area contributed by atoms with E-state index in [0.717, 1.165) is 5.96 Å². The number of benzene rings is 1. The topological polar surface area (TPSA) is 9.49 Å². The Hall–Kier alpha value is -1.51. The molecule has 0 unspecified atom stereocenters. The molecule has 0 radical (unpaired) electrons. The number of aryl methyl sites for hydroxylation is 1. The third kappa shape index (κ3) is 3.77. The van der Waals surface area contributed by atoms with Crippen molar-refractivity contribution in [2.45, 2.75) is 14.4 Å². The highest BCUT2D eigenvalue weighted by Gasteiger charge is 2.19. The fourth-order valence-electron chi connectivity index (χ4n) is 1.88. The second-order valence-electron chi connectivity index (χ2n) is 4.48. The van der Waals surface area contributed by atoms with Gasteiger partial charge in [-0.3, -0.25) is 9.48 Å². The lowest BCUT2D eigenvalue weighted by molar-refractivity contribution is -0.470. The Morgan fingerprint density at radius 2 is 1.47 bits per heavy atom. The molecule has 0 atom stereocenters. The first kappa shape index (κ1) is 15.5. The molecule has 3 nitrogen and oxygen atoms in total. The van der Waals surface area contributed by atoms with E-state index in [2.05, 4.69) is 80.8 Å². The first-order valence-electron chi connectivity index (χ1n) is 5.45. The third-order valence-electron chi connectivity index (χ3n) is 2.52. The molecule has 3 heteroatoms. The highest BCUT2D eigenvalue weighted by molar-refractivity contribution is 5.91. The zero-order chi connectivity index (χ0) is 12.3. The van der Waals surface area contributed by atoms with Crippen molar-refractivity contribution in [1.29, 1.82) is 0 Å². The summed E-state index contributed by atoms with van der Waals surface area (Å²) < 4.78 is 2.11. The molecule has 1 aromatic carbocycles. The van der Waals surface area contributed by atoms with Crippen LogP contribution in [0.5, 0.6) is 0 Å². The zero-order valence-electron chi connectivity index (χ0n) is 11.2. The molecular weight excluding hydrogens is 210 g/mol. The van der Waals surface area contributed by atoms with E-state index in [1.807, 2.05) is 0 Å². The van der Waals surface area contributed by atoms with Crippen molar-refractivity contribution in [3.8, 4) is 0 Å². The number of anilines is 1. The first-order chi connectivity index (χ1) is 7.43. The lowest BCUT2D eigenvalue weighted by Gasteiger charge is -2.21.